The van der Waals surface area contributed by atoms with E-state index in [1.165, 1.54) is 12.1 Å². The molecular formula is C11H10ClF3O3. The van der Waals surface area contributed by atoms with Crippen LogP contribution in [0.15, 0.2) is 24.3 Å². The number of alkyl halides is 4. The van der Waals surface area contributed by atoms with Crippen LogP contribution in [0.4, 0.5) is 13.2 Å². The fraction of sp³-hybridized carbons (Fsp3) is 0.364. The molecule has 0 heterocycles. The lowest BCUT2D eigenvalue weighted by atomic mass is 10.1. The number of esters is 1. The monoisotopic (exact) mass is 282 g/mol. The largest absolute Gasteiger partial charge is 0.573 e. The smallest absolute Gasteiger partial charge is 0.465 e. The summed E-state index contributed by atoms with van der Waals surface area (Å²) in [5, 5.41) is -1.05. The molecule has 0 N–H and O–H groups in total. The van der Waals surface area contributed by atoms with Crippen molar-refractivity contribution < 1.29 is 27.4 Å². The van der Waals surface area contributed by atoms with E-state index in [1.54, 1.807) is 6.92 Å². The van der Waals surface area contributed by atoms with E-state index < -0.39 is 17.7 Å². The summed E-state index contributed by atoms with van der Waals surface area (Å²) in [5.41, 5.74) is 0.338. The molecule has 0 aliphatic carbocycles. The number of carbonyl (C=O) groups is 1. The van der Waals surface area contributed by atoms with Crippen molar-refractivity contribution in [1.82, 2.24) is 0 Å². The Morgan fingerprint density at radius 3 is 2.33 bits per heavy atom. The fourth-order valence-electron chi connectivity index (χ4n) is 1.19. The second-order valence-electron chi connectivity index (χ2n) is 3.23. The molecule has 0 unspecified atom stereocenters. The molecule has 0 aromatic heterocycles. The van der Waals surface area contributed by atoms with Crippen LogP contribution in [-0.4, -0.2) is 18.9 Å². The van der Waals surface area contributed by atoms with E-state index in [9.17, 15) is 18.0 Å². The van der Waals surface area contributed by atoms with Gasteiger partial charge in [0, 0.05) is 0 Å². The molecule has 18 heavy (non-hydrogen) atoms. The maximum Gasteiger partial charge on any atom is 0.573 e. The molecule has 1 atom stereocenters. The van der Waals surface area contributed by atoms with Gasteiger partial charge >= 0.3 is 12.3 Å². The van der Waals surface area contributed by atoms with Gasteiger partial charge in [-0.05, 0) is 24.6 Å². The number of ether oxygens (including phenoxy) is 2. The van der Waals surface area contributed by atoms with Crippen molar-refractivity contribution in [3.05, 3.63) is 29.8 Å². The zero-order valence-corrected chi connectivity index (χ0v) is 10.1. The summed E-state index contributed by atoms with van der Waals surface area (Å²) < 4.78 is 44.1. The fourth-order valence-corrected chi connectivity index (χ4v) is 1.40. The number of benzene rings is 1. The van der Waals surface area contributed by atoms with Crippen LogP contribution >= 0.6 is 11.6 Å². The van der Waals surface area contributed by atoms with Crippen LogP contribution in [0.25, 0.3) is 0 Å². The SMILES string of the molecule is CCOC(=O)[C@@H](Cl)c1ccc(OC(F)(F)F)cc1. The van der Waals surface area contributed by atoms with Gasteiger partial charge in [-0.15, -0.1) is 24.8 Å². The van der Waals surface area contributed by atoms with Gasteiger partial charge in [0.25, 0.3) is 0 Å². The summed E-state index contributed by atoms with van der Waals surface area (Å²) in [4.78, 5) is 11.3. The van der Waals surface area contributed by atoms with Crippen molar-refractivity contribution in [3.63, 3.8) is 0 Å². The van der Waals surface area contributed by atoms with Crippen molar-refractivity contribution in [2.45, 2.75) is 18.7 Å². The lowest BCUT2D eigenvalue weighted by Gasteiger charge is -2.11. The third-order valence-electron chi connectivity index (χ3n) is 1.90. The Morgan fingerprint density at radius 1 is 1.33 bits per heavy atom. The van der Waals surface area contributed by atoms with E-state index in [-0.39, 0.29) is 12.4 Å². The maximum absolute atomic E-state index is 11.9. The molecule has 0 aliphatic heterocycles. The van der Waals surface area contributed by atoms with Crippen molar-refractivity contribution >= 4 is 17.6 Å². The van der Waals surface area contributed by atoms with Gasteiger partial charge in [0.15, 0.2) is 5.38 Å². The Morgan fingerprint density at radius 2 is 1.89 bits per heavy atom. The highest BCUT2D eigenvalue weighted by Gasteiger charge is 2.31. The normalized spacial score (nSPS) is 12.9. The third-order valence-corrected chi connectivity index (χ3v) is 2.33. The zero-order chi connectivity index (χ0) is 13.8. The van der Waals surface area contributed by atoms with E-state index in [4.69, 9.17) is 11.6 Å². The maximum atomic E-state index is 11.9. The molecule has 7 heteroatoms. The standard InChI is InChI=1S/C11H10ClF3O3/c1-2-17-10(16)9(12)7-3-5-8(6-4-7)18-11(13,14)15/h3-6,9H,2H2,1H3/t9-/m0/s1. The van der Waals surface area contributed by atoms with E-state index in [2.05, 4.69) is 9.47 Å². The predicted molar refractivity (Wildman–Crippen MR) is 58.4 cm³/mol. The van der Waals surface area contributed by atoms with E-state index >= 15 is 0 Å². The summed E-state index contributed by atoms with van der Waals surface area (Å²) in [5.74, 6) is -1.03. The van der Waals surface area contributed by atoms with E-state index in [0.29, 0.717) is 5.56 Å². The first-order valence-electron chi connectivity index (χ1n) is 5.00. The minimum absolute atomic E-state index is 0.178. The van der Waals surface area contributed by atoms with Crippen LogP contribution in [0.3, 0.4) is 0 Å². The van der Waals surface area contributed by atoms with Gasteiger partial charge in [0.05, 0.1) is 6.61 Å². The minimum Gasteiger partial charge on any atom is -0.465 e. The molecule has 0 amide bonds. The lowest BCUT2D eigenvalue weighted by Crippen LogP contribution is -2.17. The molecule has 0 bridgehead atoms. The van der Waals surface area contributed by atoms with Crippen molar-refractivity contribution in [1.29, 1.82) is 0 Å². The van der Waals surface area contributed by atoms with Crippen LogP contribution < -0.4 is 4.74 Å². The van der Waals surface area contributed by atoms with Gasteiger partial charge in [0.1, 0.15) is 5.75 Å². The first kappa shape index (κ1) is 14.6. The van der Waals surface area contributed by atoms with Crippen LogP contribution in [0.5, 0.6) is 5.75 Å². The topological polar surface area (TPSA) is 35.5 Å². The highest BCUT2D eigenvalue weighted by molar-refractivity contribution is 6.29. The Bertz CT molecular complexity index is 403. The third kappa shape index (κ3) is 4.44. The summed E-state index contributed by atoms with van der Waals surface area (Å²) in [6.07, 6.45) is -4.75. The van der Waals surface area contributed by atoms with Gasteiger partial charge in [-0.2, -0.15) is 0 Å². The molecule has 0 saturated carbocycles. The highest BCUT2D eigenvalue weighted by Crippen LogP contribution is 2.27. The molecule has 100 valence electrons. The number of halogens is 4. The van der Waals surface area contributed by atoms with Crippen LogP contribution in [0, 0.1) is 0 Å². The van der Waals surface area contributed by atoms with Gasteiger partial charge in [-0.25, -0.2) is 0 Å². The number of hydrogen-bond acceptors (Lipinski definition) is 3. The Hall–Kier alpha value is -1.43. The summed E-state index contributed by atoms with van der Waals surface area (Å²) in [6.45, 7) is 1.80. The second-order valence-corrected chi connectivity index (χ2v) is 3.67. The molecule has 0 spiro atoms. The van der Waals surface area contributed by atoms with E-state index in [0.717, 1.165) is 12.1 Å². The molecule has 0 fully saturated rings. The number of carbonyl (C=O) groups excluding carboxylic acids is 1. The summed E-state index contributed by atoms with van der Waals surface area (Å²) >= 11 is 5.78. The first-order valence-corrected chi connectivity index (χ1v) is 5.43. The van der Waals surface area contributed by atoms with Crippen molar-refractivity contribution in [2.24, 2.45) is 0 Å². The highest BCUT2D eigenvalue weighted by atomic mass is 35.5. The quantitative estimate of drug-likeness (QED) is 0.627. The Labute approximate surface area is 106 Å². The molecule has 1 aromatic carbocycles. The van der Waals surface area contributed by atoms with Gasteiger partial charge < -0.3 is 9.47 Å². The number of rotatable bonds is 4. The minimum atomic E-state index is -4.75. The first-order chi connectivity index (χ1) is 8.33. The molecule has 1 rings (SSSR count). The molecule has 3 nitrogen and oxygen atoms in total. The number of hydrogen-bond donors (Lipinski definition) is 0. The zero-order valence-electron chi connectivity index (χ0n) is 9.33. The van der Waals surface area contributed by atoms with Crippen LogP contribution in [0.2, 0.25) is 0 Å². The Balaban J connectivity index is 2.73. The average Bonchev–Trinajstić information content (AvgIpc) is 2.27. The second kappa shape index (κ2) is 5.95. The Kier molecular flexibility index (Phi) is 4.84. The van der Waals surface area contributed by atoms with Crippen molar-refractivity contribution in [3.8, 4) is 5.75 Å². The molecule has 1 aromatic rings. The predicted octanol–water partition coefficient (Wildman–Crippen LogP) is 3.43. The molecule has 0 aliphatic rings. The molecule has 0 saturated heterocycles. The summed E-state index contributed by atoms with van der Waals surface area (Å²) in [6, 6.07) is 4.71. The van der Waals surface area contributed by atoms with Gasteiger partial charge in [0.2, 0.25) is 0 Å². The van der Waals surface area contributed by atoms with Crippen molar-refractivity contribution in [2.75, 3.05) is 6.61 Å². The van der Waals surface area contributed by atoms with Gasteiger partial charge in [-0.3, -0.25) is 4.79 Å². The van der Waals surface area contributed by atoms with Crippen LogP contribution in [0.1, 0.15) is 17.9 Å². The molecular weight excluding hydrogens is 273 g/mol. The average molecular weight is 283 g/mol. The van der Waals surface area contributed by atoms with Gasteiger partial charge in [-0.1, -0.05) is 12.1 Å². The van der Waals surface area contributed by atoms with E-state index in [1.807, 2.05) is 0 Å². The lowest BCUT2D eigenvalue weighted by molar-refractivity contribution is -0.274. The molecule has 0 radical (unpaired) electrons. The summed E-state index contributed by atoms with van der Waals surface area (Å²) in [7, 11) is 0. The van der Waals surface area contributed by atoms with Crippen LogP contribution in [-0.2, 0) is 9.53 Å².